The second-order valence-electron chi connectivity index (χ2n) is 8.48. The lowest BCUT2D eigenvalue weighted by molar-refractivity contribution is -0.125. The molecule has 0 aliphatic carbocycles. The first kappa shape index (κ1) is 26.5. The first-order valence-electron chi connectivity index (χ1n) is 11.2. The first-order valence-corrected chi connectivity index (χ1v) is 12.1. The number of carbonyl (C=O) groups excluding carboxylic acids is 2. The smallest absolute Gasteiger partial charge is 0.290 e. The summed E-state index contributed by atoms with van der Waals surface area (Å²) in [7, 11) is 2.02. The van der Waals surface area contributed by atoms with E-state index in [1.165, 1.54) is 5.56 Å². The van der Waals surface area contributed by atoms with E-state index in [1.54, 1.807) is 11.3 Å². The van der Waals surface area contributed by atoms with Crippen LogP contribution in [-0.4, -0.2) is 71.2 Å². The number of carboxylic acid groups (broad SMARTS) is 1. The standard InChI is InChI=1S/C22H33N5O2S.CH2O2/c1-15-20(16(2)26-25-15)5-4-9-23-22(29)18-6-7-19(13-27(3)12-18)24-21(28)11-17-8-10-30-14-17;2-1-3/h8,10,14,18-19H,4-7,9,11-13H2,1-3H3,(H,23,29)(H,24,28)(H,25,26);1H,(H,2,3)/t18-,19+;/m1./s1. The van der Waals surface area contributed by atoms with Gasteiger partial charge in [-0.2, -0.15) is 16.4 Å². The molecular weight excluding hydrogens is 442 g/mol. The summed E-state index contributed by atoms with van der Waals surface area (Å²) >= 11 is 1.61. The molecule has 4 N–H and O–H groups in total. The molecule has 1 fully saturated rings. The van der Waals surface area contributed by atoms with Gasteiger partial charge in [0.25, 0.3) is 6.47 Å². The van der Waals surface area contributed by atoms with Crippen LogP contribution >= 0.6 is 11.3 Å². The third kappa shape index (κ3) is 8.97. The Morgan fingerprint density at radius 1 is 1.33 bits per heavy atom. The number of nitrogens with one attached hydrogen (secondary N) is 3. The molecule has 0 spiro atoms. The monoisotopic (exact) mass is 477 g/mol. The van der Waals surface area contributed by atoms with Gasteiger partial charge in [-0.3, -0.25) is 19.5 Å². The van der Waals surface area contributed by atoms with Crippen molar-refractivity contribution in [1.82, 2.24) is 25.7 Å². The molecule has 0 radical (unpaired) electrons. The predicted molar refractivity (Wildman–Crippen MR) is 128 cm³/mol. The highest BCUT2D eigenvalue weighted by Crippen LogP contribution is 2.17. The topological polar surface area (TPSA) is 127 Å². The van der Waals surface area contributed by atoms with E-state index in [4.69, 9.17) is 9.90 Å². The summed E-state index contributed by atoms with van der Waals surface area (Å²) in [4.78, 5) is 35.5. The molecule has 182 valence electrons. The van der Waals surface area contributed by atoms with E-state index in [1.807, 2.05) is 37.7 Å². The summed E-state index contributed by atoms with van der Waals surface area (Å²) in [5, 5.41) is 24.4. The molecule has 2 aromatic heterocycles. The van der Waals surface area contributed by atoms with Crippen molar-refractivity contribution in [2.75, 3.05) is 26.7 Å². The van der Waals surface area contributed by atoms with Gasteiger partial charge in [0.1, 0.15) is 0 Å². The van der Waals surface area contributed by atoms with Crippen molar-refractivity contribution in [3.8, 4) is 0 Å². The Morgan fingerprint density at radius 2 is 2.09 bits per heavy atom. The van der Waals surface area contributed by atoms with Gasteiger partial charge in [-0.15, -0.1) is 0 Å². The second-order valence-corrected chi connectivity index (χ2v) is 9.26. The fourth-order valence-electron chi connectivity index (χ4n) is 4.16. The molecule has 2 amide bonds. The zero-order valence-corrected chi connectivity index (χ0v) is 20.4. The van der Waals surface area contributed by atoms with E-state index < -0.39 is 0 Å². The molecule has 0 bridgehead atoms. The van der Waals surface area contributed by atoms with E-state index in [0.717, 1.165) is 55.7 Å². The normalized spacial score (nSPS) is 18.5. The molecule has 2 aromatic rings. The van der Waals surface area contributed by atoms with Crippen LogP contribution in [0.25, 0.3) is 0 Å². The van der Waals surface area contributed by atoms with Crippen molar-refractivity contribution in [3.63, 3.8) is 0 Å². The highest BCUT2D eigenvalue weighted by molar-refractivity contribution is 7.08. The van der Waals surface area contributed by atoms with E-state index in [-0.39, 0.29) is 30.2 Å². The first-order chi connectivity index (χ1) is 15.8. The Labute approximate surface area is 199 Å². The summed E-state index contributed by atoms with van der Waals surface area (Å²) in [6.45, 7) is 5.96. The maximum Gasteiger partial charge on any atom is 0.290 e. The largest absolute Gasteiger partial charge is 0.483 e. The number of nitrogens with zero attached hydrogens (tertiary/aromatic N) is 2. The van der Waals surface area contributed by atoms with E-state index in [0.29, 0.717) is 13.0 Å². The minimum absolute atomic E-state index is 0.0360. The summed E-state index contributed by atoms with van der Waals surface area (Å²) in [5.74, 6) is 0.137. The van der Waals surface area contributed by atoms with Crippen LogP contribution in [0.1, 0.15) is 41.8 Å². The highest BCUT2D eigenvalue weighted by Gasteiger charge is 2.27. The van der Waals surface area contributed by atoms with Gasteiger partial charge in [0.15, 0.2) is 0 Å². The Morgan fingerprint density at radius 3 is 2.73 bits per heavy atom. The molecule has 0 unspecified atom stereocenters. The number of likely N-dealkylation sites (N-methyl/N-ethyl adjacent to an activating group) is 1. The summed E-state index contributed by atoms with van der Waals surface area (Å²) < 4.78 is 0. The average molecular weight is 478 g/mol. The van der Waals surface area contributed by atoms with Crippen molar-refractivity contribution < 1.29 is 19.5 Å². The Bertz CT molecular complexity index is 864. The van der Waals surface area contributed by atoms with Crippen molar-refractivity contribution in [2.24, 2.45) is 5.92 Å². The van der Waals surface area contributed by atoms with Crippen molar-refractivity contribution in [1.29, 1.82) is 0 Å². The summed E-state index contributed by atoms with van der Waals surface area (Å²) in [6, 6.07) is 2.07. The van der Waals surface area contributed by atoms with Gasteiger partial charge in [0, 0.05) is 31.4 Å². The Hall–Kier alpha value is -2.72. The molecule has 0 saturated carbocycles. The van der Waals surface area contributed by atoms with E-state index >= 15 is 0 Å². The number of thiophene rings is 1. The molecule has 2 atom stereocenters. The number of aromatic nitrogens is 2. The lowest BCUT2D eigenvalue weighted by Crippen LogP contribution is -2.42. The SMILES string of the molecule is Cc1n[nH]c(C)c1CCCNC(=O)[C@@H]1CC[C@H](NC(=O)Cc2ccsc2)CN(C)C1.O=CO. The minimum Gasteiger partial charge on any atom is -0.483 e. The fraction of sp³-hybridized carbons (Fsp3) is 0.565. The molecule has 0 aromatic carbocycles. The van der Waals surface area contributed by atoms with Crippen LogP contribution in [0, 0.1) is 19.8 Å². The number of likely N-dealkylation sites (tertiary alicyclic amines) is 1. The Balaban J connectivity index is 0.00000122. The van der Waals surface area contributed by atoms with Crippen LogP contribution in [0.5, 0.6) is 0 Å². The van der Waals surface area contributed by atoms with E-state index in [2.05, 4.69) is 25.7 Å². The van der Waals surface area contributed by atoms with Crippen LogP contribution in [0.15, 0.2) is 16.8 Å². The number of H-pyrrole nitrogens is 1. The Kier molecular flexibility index (Phi) is 11.0. The van der Waals surface area contributed by atoms with Gasteiger partial charge in [0.05, 0.1) is 18.0 Å². The number of aromatic amines is 1. The summed E-state index contributed by atoms with van der Waals surface area (Å²) in [5.41, 5.74) is 4.45. The van der Waals surface area contributed by atoms with Gasteiger partial charge >= 0.3 is 0 Å². The number of rotatable bonds is 8. The van der Waals surface area contributed by atoms with Crippen LogP contribution in [0.2, 0.25) is 0 Å². The predicted octanol–water partition coefficient (Wildman–Crippen LogP) is 1.91. The number of hydrogen-bond acceptors (Lipinski definition) is 6. The maximum atomic E-state index is 12.7. The third-order valence-electron chi connectivity index (χ3n) is 5.79. The van der Waals surface area contributed by atoms with Gasteiger partial charge in [-0.1, -0.05) is 0 Å². The highest BCUT2D eigenvalue weighted by atomic mass is 32.1. The average Bonchev–Trinajstić information content (AvgIpc) is 3.33. The van der Waals surface area contributed by atoms with Crippen LogP contribution < -0.4 is 10.6 Å². The second kappa shape index (κ2) is 13.7. The van der Waals surface area contributed by atoms with Crippen LogP contribution in [-0.2, 0) is 27.2 Å². The number of carbonyl (C=O) groups is 3. The number of aryl methyl sites for hydroxylation is 2. The van der Waals surface area contributed by atoms with Gasteiger partial charge in [-0.25, -0.2) is 0 Å². The van der Waals surface area contributed by atoms with E-state index in [9.17, 15) is 9.59 Å². The van der Waals surface area contributed by atoms with Gasteiger partial charge < -0.3 is 20.6 Å². The van der Waals surface area contributed by atoms with Crippen molar-refractivity contribution in [3.05, 3.63) is 39.3 Å². The third-order valence-corrected chi connectivity index (χ3v) is 6.52. The lowest BCUT2D eigenvalue weighted by Gasteiger charge is -2.22. The van der Waals surface area contributed by atoms with Gasteiger partial charge in [-0.05, 0) is 74.5 Å². The van der Waals surface area contributed by atoms with Crippen molar-refractivity contribution >= 4 is 29.6 Å². The van der Waals surface area contributed by atoms with Crippen molar-refractivity contribution in [2.45, 2.75) is 52.0 Å². The zero-order chi connectivity index (χ0) is 24.2. The molecule has 33 heavy (non-hydrogen) atoms. The van der Waals surface area contributed by atoms with Gasteiger partial charge in [0.2, 0.25) is 11.8 Å². The molecule has 3 rings (SSSR count). The molecule has 9 nitrogen and oxygen atoms in total. The number of amides is 2. The molecular formula is C23H35N5O4S. The fourth-order valence-corrected chi connectivity index (χ4v) is 4.83. The lowest BCUT2D eigenvalue weighted by atomic mass is 10.0. The van der Waals surface area contributed by atoms with Crippen LogP contribution in [0.3, 0.4) is 0 Å². The van der Waals surface area contributed by atoms with Crippen LogP contribution in [0.4, 0.5) is 0 Å². The molecule has 3 heterocycles. The molecule has 1 aliphatic heterocycles. The quantitative estimate of drug-likeness (QED) is 0.340. The molecule has 1 saturated heterocycles. The zero-order valence-electron chi connectivity index (χ0n) is 19.6. The molecule has 1 aliphatic rings. The number of hydrogen-bond donors (Lipinski definition) is 4. The molecule has 10 heteroatoms. The maximum absolute atomic E-state index is 12.7. The minimum atomic E-state index is -0.250. The summed E-state index contributed by atoms with van der Waals surface area (Å²) in [6.07, 6.45) is 3.85.